The lowest BCUT2D eigenvalue weighted by Gasteiger charge is -2.09. The molecule has 0 unspecified atom stereocenters. The number of nitriles is 1. The Hall–Kier alpha value is -2.57. The van der Waals surface area contributed by atoms with Gasteiger partial charge in [0.05, 0.1) is 0 Å². The lowest BCUT2D eigenvalue weighted by molar-refractivity contribution is -0.114. The number of halogens is 1. The Bertz CT molecular complexity index is 811. The number of nitrogens with two attached hydrogens (primary N) is 1. The fourth-order valence-corrected chi connectivity index (χ4v) is 2.75. The second-order valence-corrected chi connectivity index (χ2v) is 5.99. The largest absolute Gasteiger partial charge is 0.365 e. The van der Waals surface area contributed by atoms with Crippen molar-refractivity contribution in [1.29, 1.82) is 5.26 Å². The van der Waals surface area contributed by atoms with E-state index in [1.807, 2.05) is 12.1 Å². The third kappa shape index (κ3) is 4.45. The van der Waals surface area contributed by atoms with Gasteiger partial charge in [0.15, 0.2) is 0 Å². The number of aryl methyl sites for hydroxylation is 2. The van der Waals surface area contributed by atoms with E-state index in [1.165, 1.54) is 17.2 Å². The minimum Gasteiger partial charge on any atom is -0.365 e. The van der Waals surface area contributed by atoms with Crippen molar-refractivity contribution >= 4 is 23.6 Å². The van der Waals surface area contributed by atoms with Crippen LogP contribution in [-0.4, -0.2) is 5.91 Å². The maximum Gasteiger partial charge on any atom is 0.259 e. The number of benzene rings is 2. The molecule has 0 aliphatic heterocycles. The third-order valence-corrected chi connectivity index (χ3v) is 3.70. The molecule has 0 aliphatic rings. The van der Waals surface area contributed by atoms with Crippen molar-refractivity contribution in [2.75, 3.05) is 0 Å². The number of amides is 1. The summed E-state index contributed by atoms with van der Waals surface area (Å²) in [5.74, 6) is -0.746. The van der Waals surface area contributed by atoms with E-state index in [4.69, 9.17) is 22.6 Å². The van der Waals surface area contributed by atoms with Crippen molar-refractivity contribution in [2.24, 2.45) is 5.73 Å². The maximum absolute atomic E-state index is 11.3. The van der Waals surface area contributed by atoms with Gasteiger partial charge < -0.3 is 5.73 Å². The minimum atomic E-state index is -0.746. The van der Waals surface area contributed by atoms with Gasteiger partial charge >= 0.3 is 0 Å². The van der Waals surface area contributed by atoms with Crippen molar-refractivity contribution < 1.29 is 4.79 Å². The maximum atomic E-state index is 11.3. The molecule has 0 fully saturated rings. The number of carbonyl (C=O) groups excluding carboxylic acids is 1. The van der Waals surface area contributed by atoms with E-state index in [-0.39, 0.29) is 5.57 Å². The Kier molecular flexibility index (Phi) is 5.20. The van der Waals surface area contributed by atoms with Gasteiger partial charge in [-0.1, -0.05) is 47.0 Å². The summed E-state index contributed by atoms with van der Waals surface area (Å²) in [6, 6.07) is 13.6. The van der Waals surface area contributed by atoms with Crippen LogP contribution in [0.5, 0.6) is 0 Å². The fourth-order valence-electron chi connectivity index (χ4n) is 2.57. The standard InChI is InChI=1S/C19H17ClN2O/c1-12-5-13(2)7-14(6-12)8-15-3-4-18(20)10-16(15)9-17(11-21)19(22)23/h3-7,9-10H,8H2,1-2H3,(H2,22,23)/b17-9+. The van der Waals surface area contributed by atoms with Gasteiger partial charge in [-0.05, 0) is 55.2 Å². The smallest absolute Gasteiger partial charge is 0.259 e. The summed E-state index contributed by atoms with van der Waals surface area (Å²) >= 11 is 6.05. The Morgan fingerprint density at radius 3 is 2.43 bits per heavy atom. The van der Waals surface area contributed by atoms with E-state index >= 15 is 0 Å². The quantitative estimate of drug-likeness (QED) is 0.683. The average Bonchev–Trinajstić information content (AvgIpc) is 2.46. The lowest BCUT2D eigenvalue weighted by atomic mass is 9.96. The fraction of sp³-hybridized carbons (Fsp3) is 0.158. The van der Waals surface area contributed by atoms with Gasteiger partial charge in [-0.3, -0.25) is 4.79 Å². The number of primary amides is 1. The highest BCUT2D eigenvalue weighted by atomic mass is 35.5. The lowest BCUT2D eigenvalue weighted by Crippen LogP contribution is -2.12. The van der Waals surface area contributed by atoms with Gasteiger partial charge in [-0.15, -0.1) is 0 Å². The molecule has 2 N–H and O–H groups in total. The summed E-state index contributed by atoms with van der Waals surface area (Å²) in [5.41, 5.74) is 10.4. The Labute approximate surface area is 141 Å². The number of carbonyl (C=O) groups is 1. The second-order valence-electron chi connectivity index (χ2n) is 5.55. The first-order chi connectivity index (χ1) is 10.9. The number of hydrogen-bond donors (Lipinski definition) is 1. The Balaban J connectivity index is 2.47. The molecule has 3 nitrogen and oxygen atoms in total. The first-order valence-electron chi connectivity index (χ1n) is 7.16. The molecule has 4 heteroatoms. The van der Waals surface area contributed by atoms with Crippen molar-refractivity contribution in [3.8, 4) is 6.07 Å². The third-order valence-electron chi connectivity index (χ3n) is 3.47. The van der Waals surface area contributed by atoms with Crippen LogP contribution in [0, 0.1) is 25.2 Å². The van der Waals surface area contributed by atoms with Gasteiger partial charge in [0.2, 0.25) is 0 Å². The average molecular weight is 325 g/mol. The molecule has 0 spiro atoms. The van der Waals surface area contributed by atoms with Crippen LogP contribution in [0.4, 0.5) is 0 Å². The highest BCUT2D eigenvalue weighted by molar-refractivity contribution is 6.30. The van der Waals surface area contributed by atoms with E-state index in [9.17, 15) is 4.79 Å². The van der Waals surface area contributed by atoms with Crippen molar-refractivity contribution in [1.82, 2.24) is 0 Å². The summed E-state index contributed by atoms with van der Waals surface area (Å²) in [5, 5.41) is 9.57. The zero-order chi connectivity index (χ0) is 17.0. The second kappa shape index (κ2) is 7.13. The van der Waals surface area contributed by atoms with Gasteiger partial charge in [-0.25, -0.2) is 0 Å². The monoisotopic (exact) mass is 324 g/mol. The predicted molar refractivity (Wildman–Crippen MR) is 93.0 cm³/mol. The molecule has 2 aromatic rings. The zero-order valence-corrected chi connectivity index (χ0v) is 13.8. The highest BCUT2D eigenvalue weighted by Crippen LogP contribution is 2.22. The van der Waals surface area contributed by atoms with Crippen LogP contribution >= 0.6 is 11.6 Å². The summed E-state index contributed by atoms with van der Waals surface area (Å²) < 4.78 is 0. The molecular weight excluding hydrogens is 308 g/mol. The van der Waals surface area contributed by atoms with E-state index in [1.54, 1.807) is 12.1 Å². The molecule has 0 bridgehead atoms. The van der Waals surface area contributed by atoms with Crippen LogP contribution < -0.4 is 5.73 Å². The highest BCUT2D eigenvalue weighted by Gasteiger charge is 2.08. The van der Waals surface area contributed by atoms with Crippen molar-refractivity contribution in [3.05, 3.63) is 74.8 Å². The molecule has 0 radical (unpaired) electrons. The SMILES string of the molecule is Cc1cc(C)cc(Cc2ccc(Cl)cc2/C=C(\C#N)C(N)=O)c1. The number of rotatable bonds is 4. The van der Waals surface area contributed by atoms with E-state index < -0.39 is 5.91 Å². The topological polar surface area (TPSA) is 66.9 Å². The van der Waals surface area contributed by atoms with Crippen LogP contribution in [0.3, 0.4) is 0 Å². The van der Waals surface area contributed by atoms with E-state index in [2.05, 4.69) is 32.0 Å². The molecule has 2 rings (SSSR count). The number of nitrogens with zero attached hydrogens (tertiary/aromatic N) is 1. The first kappa shape index (κ1) is 16.8. The molecule has 116 valence electrons. The molecule has 1 amide bonds. The van der Waals surface area contributed by atoms with Gasteiger partial charge in [0.25, 0.3) is 5.91 Å². The summed E-state index contributed by atoms with van der Waals surface area (Å²) in [6.07, 6.45) is 2.18. The van der Waals surface area contributed by atoms with Gasteiger partial charge in [0, 0.05) is 5.02 Å². The molecule has 23 heavy (non-hydrogen) atoms. The van der Waals surface area contributed by atoms with Crippen molar-refractivity contribution in [2.45, 2.75) is 20.3 Å². The van der Waals surface area contributed by atoms with Crippen LogP contribution in [0.1, 0.15) is 27.8 Å². The van der Waals surface area contributed by atoms with Crippen molar-refractivity contribution in [3.63, 3.8) is 0 Å². The number of hydrogen-bond acceptors (Lipinski definition) is 2. The van der Waals surface area contributed by atoms with Crippen LogP contribution in [-0.2, 0) is 11.2 Å². The summed E-state index contributed by atoms with van der Waals surface area (Å²) in [6.45, 7) is 4.11. The minimum absolute atomic E-state index is 0.0889. The molecule has 0 heterocycles. The van der Waals surface area contributed by atoms with Gasteiger partial charge in [0.1, 0.15) is 11.6 Å². The normalized spacial score (nSPS) is 11.1. The molecule has 2 aromatic carbocycles. The van der Waals surface area contributed by atoms with E-state index in [0.717, 1.165) is 16.7 Å². The summed E-state index contributed by atoms with van der Waals surface area (Å²) in [4.78, 5) is 11.3. The molecule has 0 aliphatic carbocycles. The molecule has 0 saturated heterocycles. The van der Waals surface area contributed by atoms with Crippen LogP contribution in [0.2, 0.25) is 5.02 Å². The molecule has 0 atom stereocenters. The Morgan fingerprint density at radius 1 is 1.22 bits per heavy atom. The molecular formula is C19H17ClN2O. The Morgan fingerprint density at radius 2 is 1.87 bits per heavy atom. The predicted octanol–water partition coefficient (Wildman–Crippen LogP) is 3.94. The van der Waals surface area contributed by atoms with Crippen LogP contribution in [0.25, 0.3) is 6.08 Å². The first-order valence-corrected chi connectivity index (χ1v) is 7.54. The van der Waals surface area contributed by atoms with E-state index in [0.29, 0.717) is 11.4 Å². The molecule has 0 saturated carbocycles. The van der Waals surface area contributed by atoms with Crippen LogP contribution in [0.15, 0.2) is 42.0 Å². The molecule has 0 aromatic heterocycles. The summed E-state index contributed by atoms with van der Waals surface area (Å²) in [7, 11) is 0. The zero-order valence-electron chi connectivity index (χ0n) is 13.1. The van der Waals surface area contributed by atoms with Gasteiger partial charge in [-0.2, -0.15) is 5.26 Å².